The second kappa shape index (κ2) is 8.62. The van der Waals surface area contributed by atoms with E-state index in [9.17, 15) is 9.18 Å². The van der Waals surface area contributed by atoms with Gasteiger partial charge in [0.15, 0.2) is 0 Å². The van der Waals surface area contributed by atoms with Crippen molar-refractivity contribution in [3.8, 4) is 5.75 Å². The molecule has 2 aromatic rings. The molecule has 0 aromatic heterocycles. The van der Waals surface area contributed by atoms with Gasteiger partial charge in [0.25, 0.3) is 5.91 Å². The van der Waals surface area contributed by atoms with Crippen LogP contribution >= 0.6 is 0 Å². The minimum absolute atomic E-state index is 0.146. The third-order valence-corrected chi connectivity index (χ3v) is 4.17. The molecule has 4 nitrogen and oxygen atoms in total. The molecule has 3 rings (SSSR count). The predicted molar refractivity (Wildman–Crippen MR) is 93.3 cm³/mol. The van der Waals surface area contributed by atoms with E-state index in [2.05, 4.69) is 5.32 Å². The minimum atomic E-state index is -0.257. The number of amides is 1. The number of halogens is 1. The number of hydrogen-bond acceptors (Lipinski definition) is 3. The summed E-state index contributed by atoms with van der Waals surface area (Å²) in [5, 5.41) is 2.87. The van der Waals surface area contributed by atoms with Gasteiger partial charge in [0.2, 0.25) is 0 Å². The molecule has 1 amide bonds. The third kappa shape index (κ3) is 5.29. The van der Waals surface area contributed by atoms with Crippen LogP contribution in [0.4, 0.5) is 4.39 Å². The lowest BCUT2D eigenvalue weighted by Gasteiger charge is -2.12. The summed E-state index contributed by atoms with van der Waals surface area (Å²) >= 11 is 0. The summed E-state index contributed by atoms with van der Waals surface area (Å²) in [4.78, 5) is 12.3. The van der Waals surface area contributed by atoms with Gasteiger partial charge in [-0.3, -0.25) is 4.79 Å². The molecule has 1 heterocycles. The van der Waals surface area contributed by atoms with Crippen molar-refractivity contribution in [2.24, 2.45) is 0 Å². The zero-order valence-corrected chi connectivity index (χ0v) is 14.0. The molecule has 1 N–H and O–H groups in total. The van der Waals surface area contributed by atoms with Crippen molar-refractivity contribution < 1.29 is 18.7 Å². The van der Waals surface area contributed by atoms with Gasteiger partial charge in [-0.25, -0.2) is 4.39 Å². The summed E-state index contributed by atoms with van der Waals surface area (Å²) < 4.78 is 24.1. The number of carbonyl (C=O) groups excluding carboxylic acids is 1. The smallest absolute Gasteiger partial charge is 0.251 e. The molecule has 0 aliphatic carbocycles. The molecule has 1 aliphatic heterocycles. The molecule has 0 saturated carbocycles. The third-order valence-electron chi connectivity index (χ3n) is 4.17. The topological polar surface area (TPSA) is 47.6 Å². The van der Waals surface area contributed by atoms with Crippen molar-refractivity contribution in [2.75, 3.05) is 19.8 Å². The van der Waals surface area contributed by atoms with Gasteiger partial charge < -0.3 is 14.8 Å². The van der Waals surface area contributed by atoms with Crippen LogP contribution in [0.5, 0.6) is 5.75 Å². The van der Waals surface area contributed by atoms with Crippen LogP contribution in [-0.4, -0.2) is 31.8 Å². The van der Waals surface area contributed by atoms with Crippen LogP contribution in [0, 0.1) is 5.82 Å². The van der Waals surface area contributed by atoms with Crippen LogP contribution in [-0.2, 0) is 11.2 Å². The number of hydrogen-bond donors (Lipinski definition) is 1. The van der Waals surface area contributed by atoms with Crippen LogP contribution in [0.1, 0.15) is 28.8 Å². The Bertz CT molecular complexity index is 696. The summed E-state index contributed by atoms with van der Waals surface area (Å²) in [6, 6.07) is 13.4. The fourth-order valence-corrected chi connectivity index (χ4v) is 2.77. The molecule has 1 unspecified atom stereocenters. The molecule has 5 heteroatoms. The molecule has 1 aliphatic rings. The lowest BCUT2D eigenvalue weighted by atomic mass is 10.1. The van der Waals surface area contributed by atoms with Crippen molar-refractivity contribution in [1.29, 1.82) is 0 Å². The van der Waals surface area contributed by atoms with Gasteiger partial charge in [0.1, 0.15) is 18.2 Å². The van der Waals surface area contributed by atoms with Crippen molar-refractivity contribution in [2.45, 2.75) is 25.4 Å². The van der Waals surface area contributed by atoms with E-state index in [1.165, 1.54) is 12.1 Å². The second-order valence-corrected chi connectivity index (χ2v) is 6.11. The largest absolute Gasteiger partial charge is 0.491 e. The molecule has 25 heavy (non-hydrogen) atoms. The first-order valence-corrected chi connectivity index (χ1v) is 8.58. The van der Waals surface area contributed by atoms with Crippen LogP contribution in [0.2, 0.25) is 0 Å². The van der Waals surface area contributed by atoms with Gasteiger partial charge >= 0.3 is 0 Å². The predicted octanol–water partition coefficient (Wildman–Crippen LogP) is 3.36. The Morgan fingerprint density at radius 1 is 1.24 bits per heavy atom. The van der Waals surface area contributed by atoms with E-state index in [0.717, 1.165) is 25.0 Å². The van der Waals surface area contributed by atoms with E-state index >= 15 is 0 Å². The van der Waals surface area contributed by atoms with E-state index in [1.54, 1.807) is 30.3 Å². The van der Waals surface area contributed by atoms with E-state index < -0.39 is 0 Å². The quantitative estimate of drug-likeness (QED) is 0.839. The van der Waals surface area contributed by atoms with Gasteiger partial charge in [-0.05, 0) is 55.2 Å². The number of benzene rings is 2. The molecule has 0 radical (unpaired) electrons. The van der Waals surface area contributed by atoms with E-state index in [0.29, 0.717) is 30.9 Å². The SMILES string of the molecule is O=C(NCCc1ccc(F)cc1)c1cccc(OCC2CCCO2)c1. The first-order valence-electron chi connectivity index (χ1n) is 8.58. The van der Waals surface area contributed by atoms with Crippen LogP contribution in [0.25, 0.3) is 0 Å². The zero-order chi connectivity index (χ0) is 17.5. The Morgan fingerprint density at radius 3 is 2.84 bits per heavy atom. The lowest BCUT2D eigenvalue weighted by molar-refractivity contribution is 0.0679. The Kier molecular flexibility index (Phi) is 6.01. The summed E-state index contributed by atoms with van der Waals surface area (Å²) in [6.45, 7) is 1.80. The van der Waals surface area contributed by atoms with Crippen molar-refractivity contribution >= 4 is 5.91 Å². The molecule has 1 saturated heterocycles. The molecule has 1 fully saturated rings. The van der Waals surface area contributed by atoms with Gasteiger partial charge in [0, 0.05) is 18.7 Å². The normalized spacial score (nSPS) is 16.6. The molecule has 132 valence electrons. The standard InChI is InChI=1S/C20H22FNO3/c21-17-8-6-15(7-9-17)10-11-22-20(23)16-3-1-4-18(13-16)25-14-19-5-2-12-24-19/h1,3-4,6-9,13,19H,2,5,10-12,14H2,(H,22,23). The highest BCUT2D eigenvalue weighted by atomic mass is 19.1. The molecule has 1 atom stereocenters. The number of rotatable bonds is 7. The summed E-state index contributed by atoms with van der Waals surface area (Å²) in [5.41, 5.74) is 1.54. The summed E-state index contributed by atoms with van der Waals surface area (Å²) in [7, 11) is 0. The van der Waals surface area contributed by atoms with Gasteiger partial charge in [-0.1, -0.05) is 18.2 Å². The van der Waals surface area contributed by atoms with Gasteiger partial charge in [-0.2, -0.15) is 0 Å². The highest BCUT2D eigenvalue weighted by Gasteiger charge is 2.16. The molecule has 2 aromatic carbocycles. The Balaban J connectivity index is 1.47. The van der Waals surface area contributed by atoms with Crippen molar-refractivity contribution in [3.63, 3.8) is 0 Å². The maximum atomic E-state index is 12.9. The highest BCUT2D eigenvalue weighted by molar-refractivity contribution is 5.94. The summed E-state index contributed by atoms with van der Waals surface area (Å²) in [5.74, 6) is 0.263. The van der Waals surface area contributed by atoms with Crippen molar-refractivity contribution in [1.82, 2.24) is 5.32 Å². The first kappa shape index (κ1) is 17.4. The van der Waals surface area contributed by atoms with E-state index in [1.807, 2.05) is 6.07 Å². The average Bonchev–Trinajstić information content (AvgIpc) is 3.15. The lowest BCUT2D eigenvalue weighted by Crippen LogP contribution is -2.25. The fourth-order valence-electron chi connectivity index (χ4n) is 2.77. The Morgan fingerprint density at radius 2 is 2.08 bits per heavy atom. The zero-order valence-electron chi connectivity index (χ0n) is 14.0. The number of nitrogens with one attached hydrogen (secondary N) is 1. The fraction of sp³-hybridized carbons (Fsp3) is 0.350. The van der Waals surface area contributed by atoms with Crippen LogP contribution in [0.3, 0.4) is 0 Å². The molecular weight excluding hydrogens is 321 g/mol. The molecule has 0 spiro atoms. The second-order valence-electron chi connectivity index (χ2n) is 6.11. The maximum absolute atomic E-state index is 12.9. The average molecular weight is 343 g/mol. The number of carbonyl (C=O) groups is 1. The first-order chi connectivity index (χ1) is 12.2. The monoisotopic (exact) mass is 343 g/mol. The maximum Gasteiger partial charge on any atom is 0.251 e. The Labute approximate surface area is 147 Å². The van der Waals surface area contributed by atoms with E-state index in [-0.39, 0.29) is 17.8 Å². The highest BCUT2D eigenvalue weighted by Crippen LogP contribution is 2.17. The van der Waals surface area contributed by atoms with Gasteiger partial charge in [0.05, 0.1) is 6.10 Å². The van der Waals surface area contributed by atoms with E-state index in [4.69, 9.17) is 9.47 Å². The van der Waals surface area contributed by atoms with Gasteiger partial charge in [-0.15, -0.1) is 0 Å². The number of ether oxygens (including phenoxy) is 2. The molecular formula is C20H22FNO3. The molecule has 0 bridgehead atoms. The van der Waals surface area contributed by atoms with Crippen LogP contribution < -0.4 is 10.1 Å². The summed E-state index contributed by atoms with van der Waals surface area (Å²) in [6.07, 6.45) is 2.89. The van der Waals surface area contributed by atoms with Crippen LogP contribution in [0.15, 0.2) is 48.5 Å². The Hall–Kier alpha value is -2.40. The van der Waals surface area contributed by atoms with Crippen molar-refractivity contribution in [3.05, 3.63) is 65.5 Å². The minimum Gasteiger partial charge on any atom is -0.491 e.